The lowest BCUT2D eigenvalue weighted by molar-refractivity contribution is -0.150. The molecule has 10 nitrogen and oxygen atoms in total. The van der Waals surface area contributed by atoms with Gasteiger partial charge in [0.2, 0.25) is 5.91 Å². The molecule has 11 heteroatoms. The smallest absolute Gasteiger partial charge is 0.259 e. The molecule has 4 rings (SSSR count). The molecule has 2 aromatic rings. The molecule has 0 aliphatic carbocycles. The van der Waals surface area contributed by atoms with Crippen molar-refractivity contribution in [3.63, 3.8) is 0 Å². The maximum Gasteiger partial charge on any atom is 0.259 e. The van der Waals surface area contributed by atoms with Gasteiger partial charge in [0, 0.05) is 42.1 Å². The fourth-order valence-corrected chi connectivity index (χ4v) is 3.91. The Morgan fingerprint density at radius 1 is 1.06 bits per heavy atom. The molecule has 3 amide bonds. The molecule has 2 aromatic carbocycles. The number of nitrogens with one attached hydrogen (secondary N) is 2. The lowest BCUT2D eigenvalue weighted by atomic mass is 10.1. The summed E-state index contributed by atoms with van der Waals surface area (Å²) in [6.07, 6.45) is -1.71. The quantitative estimate of drug-likeness (QED) is 0.356. The number of hydrogen-bond donors (Lipinski definition) is 4. The number of rotatable bonds is 6. The van der Waals surface area contributed by atoms with E-state index in [-0.39, 0.29) is 37.3 Å². The molecule has 5 N–H and O–H groups in total. The van der Waals surface area contributed by atoms with Gasteiger partial charge in [-0.3, -0.25) is 19.8 Å². The van der Waals surface area contributed by atoms with E-state index < -0.39 is 24.0 Å². The fraction of sp³-hybridized carbons (Fsp3) is 0.304. The number of nitrogens with two attached hydrogens (primary N) is 1. The molecule has 0 radical (unpaired) electrons. The summed E-state index contributed by atoms with van der Waals surface area (Å²) in [5, 5.41) is 20.5. The van der Waals surface area contributed by atoms with Crippen molar-refractivity contribution in [2.75, 3.05) is 34.8 Å². The highest BCUT2D eigenvalue weighted by Crippen LogP contribution is 2.26. The van der Waals surface area contributed by atoms with E-state index in [1.165, 1.54) is 4.90 Å². The third-order valence-corrected chi connectivity index (χ3v) is 5.69. The van der Waals surface area contributed by atoms with Crippen LogP contribution in [0.2, 0.25) is 0 Å². The zero-order valence-corrected chi connectivity index (χ0v) is 19.1. The molecule has 34 heavy (non-hydrogen) atoms. The maximum atomic E-state index is 13.0. The van der Waals surface area contributed by atoms with Gasteiger partial charge >= 0.3 is 0 Å². The molecule has 0 spiro atoms. The number of aliphatic hydroxyl groups excluding tert-OH is 1. The molecule has 1 unspecified atom stereocenters. The number of carbonyl (C=O) groups is 3. The number of amidine groups is 1. The first-order valence-electron chi connectivity index (χ1n) is 10.6. The summed E-state index contributed by atoms with van der Waals surface area (Å²) < 4.78 is 5.43. The first kappa shape index (κ1) is 25.2. The molecule has 0 saturated carbocycles. The number of ether oxygens (including phenoxy) is 1. The Morgan fingerprint density at radius 3 is 2.24 bits per heavy atom. The molecular formula is C23H26ClN5O5. The van der Waals surface area contributed by atoms with E-state index in [2.05, 4.69) is 5.32 Å². The van der Waals surface area contributed by atoms with Gasteiger partial charge in [-0.1, -0.05) is 0 Å². The second kappa shape index (κ2) is 10.6. The molecule has 2 fully saturated rings. The van der Waals surface area contributed by atoms with Crippen molar-refractivity contribution < 1.29 is 24.2 Å². The van der Waals surface area contributed by atoms with Crippen LogP contribution in [0.15, 0.2) is 48.5 Å². The standard InChI is InChI=1S/C23H25N5O5.ClH/c24-21(25)14-3-5-15(6-4-14)26-22(31)19(30)20-23(32)28(12-13-33-20)17-9-7-16(8-10-17)27-11-1-2-18(27)29;/h3-10,19-20,30H,1-2,11-13H2,(H3,24,25)(H,26,31);1H/t19?,20-;/m1./s1. The summed E-state index contributed by atoms with van der Waals surface area (Å²) in [6.45, 7) is 1.11. The van der Waals surface area contributed by atoms with E-state index in [1.807, 2.05) is 0 Å². The van der Waals surface area contributed by atoms with Crippen molar-refractivity contribution in [2.24, 2.45) is 5.73 Å². The predicted molar refractivity (Wildman–Crippen MR) is 129 cm³/mol. The Morgan fingerprint density at radius 2 is 1.68 bits per heavy atom. The molecule has 2 aliphatic heterocycles. The third-order valence-electron chi connectivity index (χ3n) is 5.69. The minimum atomic E-state index is -1.71. The highest BCUT2D eigenvalue weighted by Gasteiger charge is 2.39. The van der Waals surface area contributed by atoms with E-state index in [0.29, 0.717) is 29.9 Å². The number of morpholine rings is 1. The normalized spacial score (nSPS) is 18.9. The number of nitrogens with zero attached hydrogens (tertiary/aromatic N) is 2. The summed E-state index contributed by atoms with van der Waals surface area (Å²) in [6, 6.07) is 13.3. The van der Waals surface area contributed by atoms with Crippen LogP contribution in [0.1, 0.15) is 18.4 Å². The summed E-state index contributed by atoms with van der Waals surface area (Å²) in [5.74, 6) is -1.33. The third kappa shape index (κ3) is 5.19. The topological polar surface area (TPSA) is 149 Å². The number of nitrogen functional groups attached to an aromatic ring is 1. The van der Waals surface area contributed by atoms with E-state index in [4.69, 9.17) is 15.9 Å². The van der Waals surface area contributed by atoms with Gasteiger partial charge in [0.05, 0.1) is 6.61 Å². The Kier molecular flexibility index (Phi) is 7.87. The van der Waals surface area contributed by atoms with Crippen LogP contribution in [-0.4, -0.2) is 60.6 Å². The van der Waals surface area contributed by atoms with Crippen molar-refractivity contribution in [1.82, 2.24) is 0 Å². The van der Waals surface area contributed by atoms with Crippen LogP contribution in [0.25, 0.3) is 0 Å². The number of carbonyl (C=O) groups excluding carboxylic acids is 3. The van der Waals surface area contributed by atoms with Gasteiger partial charge in [0.1, 0.15) is 5.84 Å². The van der Waals surface area contributed by atoms with Crippen LogP contribution in [0.4, 0.5) is 17.1 Å². The SMILES string of the molecule is Cl.N=C(N)c1ccc(NC(=O)C(O)[C@H]2OCCN(c3ccc(N4CCCC4=O)cc3)C2=O)cc1. The summed E-state index contributed by atoms with van der Waals surface area (Å²) in [5.41, 5.74) is 7.66. The monoisotopic (exact) mass is 487 g/mol. The highest BCUT2D eigenvalue weighted by molar-refractivity contribution is 6.04. The molecule has 2 saturated heterocycles. The Bertz CT molecular complexity index is 1080. The second-order valence-electron chi connectivity index (χ2n) is 7.87. The van der Waals surface area contributed by atoms with E-state index in [9.17, 15) is 19.5 Å². The van der Waals surface area contributed by atoms with E-state index in [0.717, 1.165) is 12.1 Å². The van der Waals surface area contributed by atoms with Crippen LogP contribution < -0.4 is 20.9 Å². The fourth-order valence-electron chi connectivity index (χ4n) is 3.91. The Balaban J connectivity index is 0.00000324. The molecule has 0 aromatic heterocycles. The summed E-state index contributed by atoms with van der Waals surface area (Å²) >= 11 is 0. The number of hydrogen-bond acceptors (Lipinski definition) is 6. The number of benzene rings is 2. The van der Waals surface area contributed by atoms with E-state index >= 15 is 0 Å². The Hall–Kier alpha value is -3.47. The van der Waals surface area contributed by atoms with Gasteiger partial charge in [0.25, 0.3) is 11.8 Å². The minimum absolute atomic E-state index is 0. The zero-order chi connectivity index (χ0) is 23.5. The average Bonchev–Trinajstić information content (AvgIpc) is 3.25. The highest BCUT2D eigenvalue weighted by atomic mass is 35.5. The Labute approximate surface area is 202 Å². The lowest BCUT2D eigenvalue weighted by Gasteiger charge is -2.34. The summed E-state index contributed by atoms with van der Waals surface area (Å²) in [7, 11) is 0. The van der Waals surface area contributed by atoms with Gasteiger partial charge in [-0.25, -0.2) is 0 Å². The average molecular weight is 488 g/mol. The van der Waals surface area contributed by atoms with Crippen LogP contribution in [0.5, 0.6) is 0 Å². The maximum absolute atomic E-state index is 13.0. The van der Waals surface area contributed by atoms with Crippen molar-refractivity contribution in [3.8, 4) is 0 Å². The van der Waals surface area contributed by atoms with Crippen LogP contribution in [-0.2, 0) is 19.1 Å². The van der Waals surface area contributed by atoms with E-state index in [1.54, 1.807) is 53.4 Å². The number of amides is 3. The van der Waals surface area contributed by atoms with Gasteiger partial charge in [-0.15, -0.1) is 12.4 Å². The molecule has 2 aliphatic rings. The number of aliphatic hydroxyl groups is 1. The molecule has 180 valence electrons. The lowest BCUT2D eigenvalue weighted by Crippen LogP contribution is -2.55. The molecule has 0 bridgehead atoms. The largest absolute Gasteiger partial charge is 0.384 e. The number of halogens is 1. The van der Waals surface area contributed by atoms with Crippen LogP contribution >= 0.6 is 12.4 Å². The first-order chi connectivity index (χ1) is 15.8. The van der Waals surface area contributed by atoms with Gasteiger partial charge in [-0.2, -0.15) is 0 Å². The second-order valence-corrected chi connectivity index (χ2v) is 7.87. The number of anilines is 3. The molecule has 2 atom stereocenters. The van der Waals surface area contributed by atoms with Crippen molar-refractivity contribution in [1.29, 1.82) is 5.41 Å². The van der Waals surface area contributed by atoms with Crippen molar-refractivity contribution >= 4 is 53.0 Å². The molecule has 2 heterocycles. The van der Waals surface area contributed by atoms with Crippen molar-refractivity contribution in [2.45, 2.75) is 25.0 Å². The van der Waals surface area contributed by atoms with Crippen LogP contribution in [0.3, 0.4) is 0 Å². The first-order valence-corrected chi connectivity index (χ1v) is 10.6. The van der Waals surface area contributed by atoms with Crippen molar-refractivity contribution in [3.05, 3.63) is 54.1 Å². The van der Waals surface area contributed by atoms with Crippen LogP contribution in [0, 0.1) is 5.41 Å². The van der Waals surface area contributed by atoms with Gasteiger partial charge in [-0.05, 0) is 55.0 Å². The van der Waals surface area contributed by atoms with Gasteiger partial charge in [0.15, 0.2) is 12.2 Å². The minimum Gasteiger partial charge on any atom is -0.384 e. The van der Waals surface area contributed by atoms with Gasteiger partial charge < -0.3 is 30.7 Å². The predicted octanol–water partition coefficient (Wildman–Crippen LogP) is 1.25. The molecular weight excluding hydrogens is 462 g/mol. The zero-order valence-electron chi connectivity index (χ0n) is 18.3. The summed E-state index contributed by atoms with van der Waals surface area (Å²) in [4.78, 5) is 40.6.